The number of hydrogen-bond acceptors (Lipinski definition) is 3. The van der Waals surface area contributed by atoms with E-state index in [2.05, 4.69) is 0 Å². The van der Waals surface area contributed by atoms with E-state index in [4.69, 9.17) is 4.74 Å². The van der Waals surface area contributed by atoms with Crippen LogP contribution in [0.25, 0.3) is 0 Å². The largest absolute Gasteiger partial charge is 0.492 e. The molecule has 0 amide bonds. The van der Waals surface area contributed by atoms with E-state index in [1.54, 1.807) is 25.1 Å². The fraction of sp³-hybridized carbons (Fsp3) is 0.500. The molecule has 0 aliphatic carbocycles. The zero-order valence-electron chi connectivity index (χ0n) is 10.1. The van der Waals surface area contributed by atoms with Crippen LogP contribution in [0.15, 0.2) is 18.2 Å². The number of thioether (sulfide) groups is 1. The molecule has 1 atom stereocenters. The molecule has 0 saturated heterocycles. The number of alkyl halides is 3. The summed E-state index contributed by atoms with van der Waals surface area (Å²) in [5, 5.41) is 9.55. The lowest BCUT2D eigenvalue weighted by Gasteiger charge is -2.14. The van der Waals surface area contributed by atoms with Crippen LogP contribution in [0.1, 0.15) is 24.2 Å². The zero-order valence-corrected chi connectivity index (χ0v) is 10.9. The maximum Gasteiger partial charge on any atom is 0.441 e. The van der Waals surface area contributed by atoms with Gasteiger partial charge in [-0.05, 0) is 37.7 Å². The van der Waals surface area contributed by atoms with Crippen molar-refractivity contribution in [3.63, 3.8) is 0 Å². The van der Waals surface area contributed by atoms with E-state index >= 15 is 0 Å². The molecule has 0 fully saturated rings. The third-order valence-electron chi connectivity index (χ3n) is 2.22. The maximum absolute atomic E-state index is 11.9. The van der Waals surface area contributed by atoms with Crippen molar-refractivity contribution in [2.24, 2.45) is 0 Å². The molecule has 0 bridgehead atoms. The van der Waals surface area contributed by atoms with Crippen molar-refractivity contribution in [1.82, 2.24) is 0 Å². The molecule has 6 heteroatoms. The molecule has 0 spiro atoms. The lowest BCUT2D eigenvalue weighted by molar-refractivity contribution is -0.0329. The van der Waals surface area contributed by atoms with Gasteiger partial charge in [0.1, 0.15) is 5.75 Å². The first-order valence-corrected chi connectivity index (χ1v) is 6.40. The van der Waals surface area contributed by atoms with Crippen LogP contribution in [0.5, 0.6) is 5.75 Å². The van der Waals surface area contributed by atoms with E-state index in [0.29, 0.717) is 11.3 Å². The van der Waals surface area contributed by atoms with Crippen molar-refractivity contribution in [3.8, 4) is 5.75 Å². The summed E-state index contributed by atoms with van der Waals surface area (Å²) in [6.07, 6.45) is -0.713. The summed E-state index contributed by atoms with van der Waals surface area (Å²) in [6.45, 7) is 3.41. The van der Waals surface area contributed by atoms with Gasteiger partial charge in [0, 0.05) is 11.3 Å². The van der Waals surface area contributed by atoms with Crippen LogP contribution < -0.4 is 4.74 Å². The molecule has 0 radical (unpaired) electrons. The first-order chi connectivity index (χ1) is 8.29. The number of rotatable bonds is 5. The van der Waals surface area contributed by atoms with E-state index < -0.39 is 11.6 Å². The number of aliphatic hydroxyl groups is 1. The highest BCUT2D eigenvalue weighted by Gasteiger charge is 2.27. The second-order valence-corrected chi connectivity index (χ2v) is 5.02. The Morgan fingerprint density at radius 2 is 2.06 bits per heavy atom. The van der Waals surface area contributed by atoms with Gasteiger partial charge in [0.2, 0.25) is 0 Å². The lowest BCUT2D eigenvalue weighted by Crippen LogP contribution is -2.09. The molecule has 1 N–H and O–H groups in total. The number of benzene rings is 1. The Hall–Kier alpha value is -0.880. The molecule has 0 aliphatic heterocycles. The fourth-order valence-corrected chi connectivity index (χ4v) is 1.83. The van der Waals surface area contributed by atoms with Crippen molar-refractivity contribution in [2.45, 2.75) is 25.5 Å². The number of hydrogen-bond donors (Lipinski definition) is 1. The summed E-state index contributed by atoms with van der Waals surface area (Å²) >= 11 is -0.117. The highest BCUT2D eigenvalue weighted by molar-refractivity contribution is 8.00. The summed E-state index contributed by atoms with van der Waals surface area (Å²) in [6, 6.07) is 5.21. The standard InChI is InChI=1S/C12H15F3O2S/c1-8-3-4-11(10(7-8)9(2)16)17-5-6-18-12(13,14)15/h3-4,7,9,16H,5-6H2,1-2H3. The van der Waals surface area contributed by atoms with Crippen LogP contribution in [0, 0.1) is 6.92 Å². The average molecular weight is 280 g/mol. The third kappa shape index (κ3) is 5.18. The molecule has 18 heavy (non-hydrogen) atoms. The van der Waals surface area contributed by atoms with Crippen molar-refractivity contribution < 1.29 is 23.0 Å². The summed E-state index contributed by atoms with van der Waals surface area (Å²) in [4.78, 5) is 0. The van der Waals surface area contributed by atoms with Crippen LogP contribution in [0.3, 0.4) is 0 Å². The number of ether oxygens (including phenoxy) is 1. The van der Waals surface area contributed by atoms with Crippen LogP contribution in [-0.4, -0.2) is 23.0 Å². The van der Waals surface area contributed by atoms with Crippen LogP contribution in [-0.2, 0) is 0 Å². The van der Waals surface area contributed by atoms with Gasteiger partial charge in [0.15, 0.2) is 0 Å². The van der Waals surface area contributed by atoms with Crippen LogP contribution in [0.2, 0.25) is 0 Å². The molecular formula is C12H15F3O2S. The topological polar surface area (TPSA) is 29.5 Å². The van der Waals surface area contributed by atoms with Gasteiger partial charge in [-0.25, -0.2) is 0 Å². The maximum atomic E-state index is 11.9. The van der Waals surface area contributed by atoms with Gasteiger partial charge >= 0.3 is 5.51 Å². The molecule has 102 valence electrons. The monoisotopic (exact) mass is 280 g/mol. The zero-order chi connectivity index (χ0) is 13.8. The van der Waals surface area contributed by atoms with E-state index in [1.807, 2.05) is 6.92 Å². The average Bonchev–Trinajstić information content (AvgIpc) is 2.24. The first kappa shape index (κ1) is 15.2. The van der Waals surface area contributed by atoms with Crippen LogP contribution in [0.4, 0.5) is 13.2 Å². The van der Waals surface area contributed by atoms with E-state index in [0.717, 1.165) is 5.56 Å². The Labute approximate surface area is 108 Å². The van der Waals surface area contributed by atoms with E-state index in [1.165, 1.54) is 0 Å². The summed E-state index contributed by atoms with van der Waals surface area (Å²) in [7, 11) is 0. The summed E-state index contributed by atoms with van der Waals surface area (Å²) in [5.74, 6) is 0.259. The van der Waals surface area contributed by atoms with E-state index in [-0.39, 0.29) is 24.1 Å². The minimum atomic E-state index is -4.23. The van der Waals surface area contributed by atoms with Crippen LogP contribution >= 0.6 is 11.8 Å². The van der Waals surface area contributed by atoms with Crippen molar-refractivity contribution in [3.05, 3.63) is 29.3 Å². The predicted octanol–water partition coefficient (Wildman–Crippen LogP) is 3.68. The predicted molar refractivity (Wildman–Crippen MR) is 65.8 cm³/mol. The third-order valence-corrected chi connectivity index (χ3v) is 2.92. The Morgan fingerprint density at radius 3 is 2.61 bits per heavy atom. The van der Waals surface area contributed by atoms with Gasteiger partial charge < -0.3 is 9.84 Å². The minimum Gasteiger partial charge on any atom is -0.492 e. The molecule has 1 unspecified atom stereocenters. The Bertz CT molecular complexity index is 391. The van der Waals surface area contributed by atoms with Gasteiger partial charge in [-0.3, -0.25) is 0 Å². The smallest absolute Gasteiger partial charge is 0.441 e. The van der Waals surface area contributed by atoms with Crippen molar-refractivity contribution >= 4 is 11.8 Å². The molecule has 0 saturated carbocycles. The lowest BCUT2D eigenvalue weighted by atomic mass is 10.1. The SMILES string of the molecule is Cc1ccc(OCCSC(F)(F)F)c(C(C)O)c1. The Morgan fingerprint density at radius 1 is 1.39 bits per heavy atom. The summed E-state index contributed by atoms with van der Waals surface area (Å²) in [5.41, 5.74) is -2.68. The second kappa shape index (κ2) is 6.33. The van der Waals surface area contributed by atoms with Crippen molar-refractivity contribution in [2.75, 3.05) is 12.4 Å². The second-order valence-electron chi connectivity index (χ2n) is 3.86. The quantitative estimate of drug-likeness (QED) is 0.834. The Balaban J connectivity index is 2.57. The van der Waals surface area contributed by atoms with Gasteiger partial charge in [-0.1, -0.05) is 11.6 Å². The normalized spacial score (nSPS) is 13.4. The van der Waals surface area contributed by atoms with Gasteiger partial charge in [0.25, 0.3) is 0 Å². The molecule has 0 aliphatic rings. The van der Waals surface area contributed by atoms with Gasteiger partial charge in [-0.15, -0.1) is 0 Å². The molecular weight excluding hydrogens is 265 g/mol. The number of halogens is 3. The molecule has 1 aromatic carbocycles. The highest BCUT2D eigenvalue weighted by Crippen LogP contribution is 2.30. The van der Waals surface area contributed by atoms with Gasteiger partial charge in [0.05, 0.1) is 12.7 Å². The number of aliphatic hydroxyl groups excluding tert-OH is 1. The highest BCUT2D eigenvalue weighted by atomic mass is 32.2. The molecule has 0 heterocycles. The summed E-state index contributed by atoms with van der Waals surface area (Å²) < 4.78 is 41.0. The number of aryl methyl sites for hydroxylation is 1. The fourth-order valence-electron chi connectivity index (χ4n) is 1.43. The molecule has 0 aromatic heterocycles. The molecule has 1 aromatic rings. The first-order valence-electron chi connectivity index (χ1n) is 5.41. The van der Waals surface area contributed by atoms with Crippen molar-refractivity contribution in [1.29, 1.82) is 0 Å². The minimum absolute atomic E-state index is 0.0487. The Kier molecular flexibility index (Phi) is 5.34. The molecule has 2 nitrogen and oxygen atoms in total. The molecule has 1 rings (SSSR count). The van der Waals surface area contributed by atoms with Gasteiger partial charge in [-0.2, -0.15) is 13.2 Å². The van der Waals surface area contributed by atoms with E-state index in [9.17, 15) is 18.3 Å².